The summed E-state index contributed by atoms with van der Waals surface area (Å²) in [5.41, 5.74) is 3.82. The van der Waals surface area contributed by atoms with E-state index in [9.17, 15) is 9.59 Å². The Morgan fingerprint density at radius 1 is 1.29 bits per heavy atom. The molecule has 0 bridgehead atoms. The third kappa shape index (κ3) is 3.17. The second-order valence-electron chi connectivity index (χ2n) is 5.67. The van der Waals surface area contributed by atoms with Gasteiger partial charge in [-0.1, -0.05) is 12.1 Å². The SMILES string of the molecule is O=C1CN(C(=O)CNc2cccc3c2CCCC3)CCN1. The van der Waals surface area contributed by atoms with Crippen molar-refractivity contribution in [1.82, 2.24) is 10.2 Å². The highest BCUT2D eigenvalue weighted by Gasteiger charge is 2.21. The zero-order valence-electron chi connectivity index (χ0n) is 12.2. The number of carbonyl (C=O) groups is 2. The highest BCUT2D eigenvalue weighted by atomic mass is 16.2. The van der Waals surface area contributed by atoms with Crippen molar-refractivity contribution in [2.24, 2.45) is 0 Å². The van der Waals surface area contributed by atoms with Gasteiger partial charge in [0.05, 0.1) is 13.1 Å². The van der Waals surface area contributed by atoms with Gasteiger partial charge in [-0.05, 0) is 42.9 Å². The lowest BCUT2D eigenvalue weighted by Crippen LogP contribution is -2.51. The Morgan fingerprint density at radius 2 is 2.14 bits per heavy atom. The number of fused-ring (bicyclic) bond motifs is 1. The lowest BCUT2D eigenvalue weighted by atomic mass is 9.90. The molecule has 2 aliphatic rings. The molecular weight excluding hydrogens is 266 g/mol. The summed E-state index contributed by atoms with van der Waals surface area (Å²) in [6, 6.07) is 6.27. The van der Waals surface area contributed by atoms with Crippen LogP contribution in [0, 0.1) is 0 Å². The number of nitrogens with zero attached hydrogens (tertiary/aromatic N) is 1. The van der Waals surface area contributed by atoms with Crippen molar-refractivity contribution in [2.45, 2.75) is 25.7 Å². The summed E-state index contributed by atoms with van der Waals surface area (Å²) in [7, 11) is 0. The van der Waals surface area contributed by atoms with Crippen LogP contribution >= 0.6 is 0 Å². The first-order chi connectivity index (χ1) is 10.2. The first-order valence-electron chi connectivity index (χ1n) is 7.63. The smallest absolute Gasteiger partial charge is 0.242 e. The van der Waals surface area contributed by atoms with Crippen molar-refractivity contribution in [3.05, 3.63) is 29.3 Å². The van der Waals surface area contributed by atoms with E-state index in [0.29, 0.717) is 13.1 Å². The summed E-state index contributed by atoms with van der Waals surface area (Å²) in [5.74, 6) is -0.0926. The van der Waals surface area contributed by atoms with Gasteiger partial charge in [-0.15, -0.1) is 0 Å². The fraction of sp³-hybridized carbons (Fsp3) is 0.500. The largest absolute Gasteiger partial charge is 0.376 e. The number of benzene rings is 1. The lowest BCUT2D eigenvalue weighted by Gasteiger charge is -2.27. The van der Waals surface area contributed by atoms with Crippen LogP contribution in [-0.2, 0) is 22.4 Å². The molecule has 5 heteroatoms. The summed E-state index contributed by atoms with van der Waals surface area (Å²) in [5, 5.41) is 5.99. The third-order valence-electron chi connectivity index (χ3n) is 4.22. The van der Waals surface area contributed by atoms with Crippen LogP contribution in [0.2, 0.25) is 0 Å². The number of hydrogen-bond acceptors (Lipinski definition) is 3. The maximum atomic E-state index is 12.2. The first-order valence-corrected chi connectivity index (χ1v) is 7.63. The summed E-state index contributed by atoms with van der Waals surface area (Å²) in [6.45, 7) is 1.57. The van der Waals surface area contributed by atoms with Crippen molar-refractivity contribution < 1.29 is 9.59 Å². The molecule has 2 amide bonds. The molecular formula is C16H21N3O2. The van der Waals surface area contributed by atoms with Crippen LogP contribution < -0.4 is 10.6 Å². The average molecular weight is 287 g/mol. The molecule has 21 heavy (non-hydrogen) atoms. The number of anilines is 1. The molecule has 3 rings (SSSR count). The van der Waals surface area contributed by atoms with E-state index >= 15 is 0 Å². The summed E-state index contributed by atoms with van der Waals surface area (Å²) >= 11 is 0. The molecule has 0 unspecified atom stereocenters. The molecule has 1 fully saturated rings. The van der Waals surface area contributed by atoms with Crippen LogP contribution in [0.5, 0.6) is 0 Å². The number of aryl methyl sites for hydroxylation is 1. The van der Waals surface area contributed by atoms with Gasteiger partial charge in [0.2, 0.25) is 11.8 Å². The fourth-order valence-electron chi connectivity index (χ4n) is 3.08. The molecule has 1 saturated heterocycles. The Balaban J connectivity index is 1.62. The van der Waals surface area contributed by atoms with Gasteiger partial charge in [0.25, 0.3) is 0 Å². The second kappa shape index (κ2) is 6.16. The standard InChI is InChI=1S/C16H21N3O2/c20-15-11-19(9-8-17-15)16(21)10-18-14-7-3-5-12-4-1-2-6-13(12)14/h3,5,7,18H,1-2,4,6,8-11H2,(H,17,20). The molecule has 1 aromatic rings. The monoisotopic (exact) mass is 287 g/mol. The van der Waals surface area contributed by atoms with Crippen molar-refractivity contribution in [3.8, 4) is 0 Å². The number of amides is 2. The van der Waals surface area contributed by atoms with Gasteiger partial charge in [0.15, 0.2) is 0 Å². The van der Waals surface area contributed by atoms with E-state index in [1.807, 2.05) is 12.1 Å². The Labute approximate surface area is 124 Å². The van der Waals surface area contributed by atoms with E-state index in [4.69, 9.17) is 0 Å². The maximum Gasteiger partial charge on any atom is 0.242 e. The molecule has 2 N–H and O–H groups in total. The van der Waals surface area contributed by atoms with Gasteiger partial charge >= 0.3 is 0 Å². The minimum atomic E-state index is -0.0771. The molecule has 0 radical (unpaired) electrons. The Hall–Kier alpha value is -2.04. The van der Waals surface area contributed by atoms with Crippen molar-refractivity contribution in [1.29, 1.82) is 0 Å². The predicted molar refractivity (Wildman–Crippen MR) is 81.2 cm³/mol. The predicted octanol–water partition coefficient (Wildman–Crippen LogP) is 0.936. The van der Waals surface area contributed by atoms with Crippen LogP contribution in [0.1, 0.15) is 24.0 Å². The molecule has 1 aliphatic carbocycles. The van der Waals surface area contributed by atoms with E-state index in [1.165, 1.54) is 24.0 Å². The van der Waals surface area contributed by atoms with Gasteiger partial charge in [-0.2, -0.15) is 0 Å². The highest BCUT2D eigenvalue weighted by Crippen LogP contribution is 2.27. The van der Waals surface area contributed by atoms with Gasteiger partial charge in [-0.3, -0.25) is 9.59 Å². The molecule has 0 spiro atoms. The minimum Gasteiger partial charge on any atom is -0.376 e. The molecule has 112 valence electrons. The van der Waals surface area contributed by atoms with Gasteiger partial charge < -0.3 is 15.5 Å². The summed E-state index contributed by atoms with van der Waals surface area (Å²) in [4.78, 5) is 25.1. The number of nitrogens with one attached hydrogen (secondary N) is 2. The van der Waals surface area contributed by atoms with Crippen LogP contribution in [0.3, 0.4) is 0 Å². The van der Waals surface area contributed by atoms with Gasteiger partial charge in [0.1, 0.15) is 0 Å². The Bertz CT molecular complexity index is 556. The molecule has 0 saturated carbocycles. The van der Waals surface area contributed by atoms with Crippen LogP contribution in [-0.4, -0.2) is 42.9 Å². The van der Waals surface area contributed by atoms with Crippen LogP contribution in [0.25, 0.3) is 0 Å². The normalized spacial score (nSPS) is 17.9. The highest BCUT2D eigenvalue weighted by molar-refractivity contribution is 5.88. The maximum absolute atomic E-state index is 12.2. The number of carbonyl (C=O) groups excluding carboxylic acids is 2. The number of piperazine rings is 1. The van der Waals surface area contributed by atoms with Crippen molar-refractivity contribution in [3.63, 3.8) is 0 Å². The topological polar surface area (TPSA) is 61.4 Å². The average Bonchev–Trinajstić information content (AvgIpc) is 2.52. The number of rotatable bonds is 3. The van der Waals surface area contributed by atoms with Gasteiger partial charge in [0, 0.05) is 18.8 Å². The molecule has 1 heterocycles. The fourth-order valence-corrected chi connectivity index (χ4v) is 3.08. The van der Waals surface area contributed by atoms with Crippen LogP contribution in [0.4, 0.5) is 5.69 Å². The Kier molecular flexibility index (Phi) is 4.08. The van der Waals surface area contributed by atoms with Crippen molar-refractivity contribution >= 4 is 17.5 Å². The van der Waals surface area contributed by atoms with E-state index in [2.05, 4.69) is 16.7 Å². The molecule has 0 atom stereocenters. The zero-order chi connectivity index (χ0) is 14.7. The summed E-state index contributed by atoms with van der Waals surface area (Å²) in [6.07, 6.45) is 4.67. The first kappa shape index (κ1) is 13.9. The molecule has 1 aliphatic heterocycles. The number of hydrogen-bond donors (Lipinski definition) is 2. The Morgan fingerprint density at radius 3 is 3.00 bits per heavy atom. The van der Waals surface area contributed by atoms with Crippen LogP contribution in [0.15, 0.2) is 18.2 Å². The minimum absolute atomic E-state index is 0.0155. The van der Waals surface area contributed by atoms with E-state index in [0.717, 1.165) is 18.5 Å². The molecule has 0 aromatic heterocycles. The van der Waals surface area contributed by atoms with E-state index in [-0.39, 0.29) is 24.9 Å². The second-order valence-corrected chi connectivity index (χ2v) is 5.67. The van der Waals surface area contributed by atoms with E-state index in [1.54, 1.807) is 4.90 Å². The van der Waals surface area contributed by atoms with Gasteiger partial charge in [-0.25, -0.2) is 0 Å². The third-order valence-corrected chi connectivity index (χ3v) is 4.22. The zero-order valence-corrected chi connectivity index (χ0v) is 12.2. The van der Waals surface area contributed by atoms with E-state index < -0.39 is 0 Å². The quantitative estimate of drug-likeness (QED) is 0.869. The van der Waals surface area contributed by atoms with Crippen molar-refractivity contribution in [2.75, 3.05) is 31.5 Å². The summed E-state index contributed by atoms with van der Waals surface area (Å²) < 4.78 is 0. The molecule has 1 aromatic carbocycles. The lowest BCUT2D eigenvalue weighted by molar-refractivity contribution is -0.136. The molecule has 5 nitrogen and oxygen atoms in total.